The summed E-state index contributed by atoms with van der Waals surface area (Å²) in [5.41, 5.74) is 2.44. The maximum Gasteiger partial charge on any atom is 0.0976 e. The first-order valence-electron chi connectivity index (χ1n) is 7.15. The second-order valence-electron chi connectivity index (χ2n) is 4.83. The highest BCUT2D eigenvalue weighted by Gasteiger charge is 2.05. The Kier molecular flexibility index (Phi) is 7.24. The van der Waals surface area contributed by atoms with Crippen LogP contribution in [0.25, 0.3) is 5.57 Å². The van der Waals surface area contributed by atoms with Crippen LogP contribution in [0.3, 0.4) is 0 Å². The molecule has 0 bridgehead atoms. The predicted molar refractivity (Wildman–Crippen MR) is 79.4 cm³/mol. The maximum absolute atomic E-state index is 5.89. The SMILES string of the molecule is CCCCCC(CC)O/C=C(\C)c1ccccc1. The van der Waals surface area contributed by atoms with Gasteiger partial charge in [0.25, 0.3) is 0 Å². The summed E-state index contributed by atoms with van der Waals surface area (Å²) < 4.78 is 5.89. The van der Waals surface area contributed by atoms with E-state index in [0.29, 0.717) is 6.10 Å². The Balaban J connectivity index is 2.45. The lowest BCUT2D eigenvalue weighted by Gasteiger charge is -2.15. The molecule has 0 saturated heterocycles. The van der Waals surface area contributed by atoms with E-state index in [2.05, 4.69) is 45.0 Å². The molecule has 1 aromatic rings. The fourth-order valence-electron chi connectivity index (χ4n) is 1.96. The monoisotopic (exact) mass is 246 g/mol. The zero-order valence-electron chi connectivity index (χ0n) is 12.0. The third-order valence-electron chi connectivity index (χ3n) is 3.25. The van der Waals surface area contributed by atoms with Crippen molar-refractivity contribution in [1.29, 1.82) is 0 Å². The van der Waals surface area contributed by atoms with Gasteiger partial charge in [-0.1, -0.05) is 57.0 Å². The number of benzene rings is 1. The minimum atomic E-state index is 0.371. The highest BCUT2D eigenvalue weighted by atomic mass is 16.5. The molecule has 18 heavy (non-hydrogen) atoms. The zero-order valence-corrected chi connectivity index (χ0v) is 12.0. The average molecular weight is 246 g/mol. The van der Waals surface area contributed by atoms with Crippen molar-refractivity contribution >= 4 is 5.57 Å². The maximum atomic E-state index is 5.89. The van der Waals surface area contributed by atoms with Crippen LogP contribution in [0.5, 0.6) is 0 Å². The van der Waals surface area contributed by atoms with Gasteiger partial charge in [0.05, 0.1) is 12.4 Å². The summed E-state index contributed by atoms with van der Waals surface area (Å²) in [6.07, 6.45) is 8.40. The van der Waals surface area contributed by atoms with Crippen LogP contribution in [0.1, 0.15) is 58.4 Å². The molecule has 0 amide bonds. The third kappa shape index (κ3) is 5.39. The summed E-state index contributed by atoms with van der Waals surface area (Å²) in [4.78, 5) is 0. The van der Waals surface area contributed by atoms with E-state index < -0.39 is 0 Å². The molecule has 1 aromatic carbocycles. The number of rotatable bonds is 8. The van der Waals surface area contributed by atoms with Gasteiger partial charge in [0.1, 0.15) is 0 Å². The van der Waals surface area contributed by atoms with Crippen molar-refractivity contribution in [3.63, 3.8) is 0 Å². The van der Waals surface area contributed by atoms with E-state index in [4.69, 9.17) is 4.74 Å². The lowest BCUT2D eigenvalue weighted by Crippen LogP contribution is -2.08. The summed E-state index contributed by atoms with van der Waals surface area (Å²) in [6, 6.07) is 10.4. The highest BCUT2D eigenvalue weighted by molar-refractivity contribution is 5.62. The van der Waals surface area contributed by atoms with Crippen LogP contribution in [0.15, 0.2) is 36.6 Å². The molecule has 0 aromatic heterocycles. The first kappa shape index (κ1) is 14.8. The van der Waals surface area contributed by atoms with Crippen molar-refractivity contribution in [1.82, 2.24) is 0 Å². The van der Waals surface area contributed by atoms with Gasteiger partial charge >= 0.3 is 0 Å². The largest absolute Gasteiger partial charge is 0.498 e. The van der Waals surface area contributed by atoms with Gasteiger partial charge in [-0.15, -0.1) is 0 Å². The Morgan fingerprint density at radius 2 is 1.89 bits per heavy atom. The van der Waals surface area contributed by atoms with Crippen molar-refractivity contribution in [2.45, 2.75) is 59.0 Å². The number of unbranched alkanes of at least 4 members (excludes halogenated alkanes) is 2. The van der Waals surface area contributed by atoms with Gasteiger partial charge < -0.3 is 4.74 Å². The molecule has 1 heteroatoms. The van der Waals surface area contributed by atoms with Gasteiger partial charge in [-0.05, 0) is 37.3 Å². The summed E-state index contributed by atoms with van der Waals surface area (Å²) >= 11 is 0. The summed E-state index contributed by atoms with van der Waals surface area (Å²) in [7, 11) is 0. The molecule has 0 fully saturated rings. The van der Waals surface area contributed by atoms with Gasteiger partial charge in [-0.3, -0.25) is 0 Å². The van der Waals surface area contributed by atoms with Crippen LogP contribution < -0.4 is 0 Å². The Labute approximate surface area is 112 Å². The number of ether oxygens (including phenoxy) is 1. The molecule has 0 radical (unpaired) electrons. The normalized spacial score (nSPS) is 13.4. The van der Waals surface area contributed by atoms with Crippen molar-refractivity contribution in [3.8, 4) is 0 Å². The molecule has 0 aliphatic rings. The number of allylic oxidation sites excluding steroid dienone is 1. The standard InChI is InChI=1S/C17H26O/c1-4-6-8-13-17(5-2)18-14-15(3)16-11-9-7-10-12-16/h7,9-12,14,17H,4-6,8,13H2,1-3H3/b15-14+. The lowest BCUT2D eigenvalue weighted by molar-refractivity contribution is 0.129. The molecule has 0 saturated carbocycles. The van der Waals surface area contributed by atoms with Crippen molar-refractivity contribution in [3.05, 3.63) is 42.2 Å². The molecular formula is C17H26O. The second kappa shape index (κ2) is 8.79. The molecule has 1 rings (SSSR count). The van der Waals surface area contributed by atoms with E-state index >= 15 is 0 Å². The molecule has 1 nitrogen and oxygen atoms in total. The summed E-state index contributed by atoms with van der Waals surface area (Å²) in [5, 5.41) is 0. The smallest absolute Gasteiger partial charge is 0.0976 e. The third-order valence-corrected chi connectivity index (χ3v) is 3.25. The number of hydrogen-bond acceptors (Lipinski definition) is 1. The van der Waals surface area contributed by atoms with Crippen molar-refractivity contribution < 1.29 is 4.74 Å². The van der Waals surface area contributed by atoms with Gasteiger partial charge in [-0.2, -0.15) is 0 Å². The highest BCUT2D eigenvalue weighted by Crippen LogP contribution is 2.16. The van der Waals surface area contributed by atoms with Crippen LogP contribution in [0.4, 0.5) is 0 Å². The van der Waals surface area contributed by atoms with Crippen LogP contribution >= 0.6 is 0 Å². The Morgan fingerprint density at radius 1 is 1.17 bits per heavy atom. The van der Waals surface area contributed by atoms with Gasteiger partial charge in [0.2, 0.25) is 0 Å². The van der Waals surface area contributed by atoms with E-state index in [0.717, 1.165) is 6.42 Å². The Hall–Kier alpha value is -1.24. The molecule has 0 aliphatic carbocycles. The Morgan fingerprint density at radius 3 is 2.50 bits per heavy atom. The van der Waals surface area contributed by atoms with Crippen LogP contribution in [-0.4, -0.2) is 6.10 Å². The average Bonchev–Trinajstić information content (AvgIpc) is 2.43. The fourth-order valence-corrected chi connectivity index (χ4v) is 1.96. The Bertz CT molecular complexity index is 340. The molecule has 1 unspecified atom stereocenters. The van der Waals surface area contributed by atoms with E-state index in [9.17, 15) is 0 Å². The molecule has 1 atom stereocenters. The van der Waals surface area contributed by atoms with Crippen molar-refractivity contribution in [2.75, 3.05) is 0 Å². The summed E-state index contributed by atoms with van der Waals surface area (Å²) in [5.74, 6) is 0. The first-order chi connectivity index (χ1) is 8.77. The minimum Gasteiger partial charge on any atom is -0.498 e. The first-order valence-corrected chi connectivity index (χ1v) is 7.15. The van der Waals surface area contributed by atoms with E-state index in [-0.39, 0.29) is 0 Å². The van der Waals surface area contributed by atoms with E-state index in [1.807, 2.05) is 12.3 Å². The van der Waals surface area contributed by atoms with E-state index in [1.54, 1.807) is 0 Å². The van der Waals surface area contributed by atoms with Crippen LogP contribution in [0.2, 0.25) is 0 Å². The minimum absolute atomic E-state index is 0.371. The topological polar surface area (TPSA) is 9.23 Å². The quantitative estimate of drug-likeness (QED) is 0.439. The van der Waals surface area contributed by atoms with E-state index in [1.165, 1.54) is 36.8 Å². The van der Waals surface area contributed by atoms with Crippen LogP contribution in [-0.2, 0) is 4.74 Å². The molecule has 100 valence electrons. The molecule has 0 aliphatic heterocycles. The fraction of sp³-hybridized carbons (Fsp3) is 0.529. The van der Waals surface area contributed by atoms with Gasteiger partial charge in [0, 0.05) is 0 Å². The molecular weight excluding hydrogens is 220 g/mol. The van der Waals surface area contributed by atoms with Gasteiger partial charge in [0.15, 0.2) is 0 Å². The predicted octanol–water partition coefficient (Wildman–Crippen LogP) is 5.42. The lowest BCUT2D eigenvalue weighted by atomic mass is 10.1. The van der Waals surface area contributed by atoms with Crippen LogP contribution in [0, 0.1) is 0 Å². The molecule has 0 heterocycles. The number of hydrogen-bond donors (Lipinski definition) is 0. The zero-order chi connectivity index (χ0) is 13.2. The van der Waals surface area contributed by atoms with Gasteiger partial charge in [-0.25, -0.2) is 0 Å². The summed E-state index contributed by atoms with van der Waals surface area (Å²) in [6.45, 7) is 6.54. The second-order valence-corrected chi connectivity index (χ2v) is 4.83. The molecule has 0 spiro atoms. The van der Waals surface area contributed by atoms with Crippen molar-refractivity contribution in [2.24, 2.45) is 0 Å². The molecule has 0 N–H and O–H groups in total.